The van der Waals surface area contributed by atoms with Crippen LogP contribution < -0.4 is 5.32 Å². The lowest BCUT2D eigenvalue weighted by Gasteiger charge is -2.08. The molecule has 3 rings (SSSR count). The van der Waals surface area contributed by atoms with E-state index in [0.717, 1.165) is 12.8 Å². The summed E-state index contributed by atoms with van der Waals surface area (Å²) in [4.78, 5) is 26.8. The van der Waals surface area contributed by atoms with E-state index < -0.39 is 4.92 Å². The van der Waals surface area contributed by atoms with Crippen LogP contribution in [0.5, 0.6) is 0 Å². The van der Waals surface area contributed by atoms with Gasteiger partial charge in [-0.2, -0.15) is 0 Å². The van der Waals surface area contributed by atoms with Gasteiger partial charge in [0.1, 0.15) is 10.3 Å². The third-order valence-corrected chi connectivity index (χ3v) is 3.86. The summed E-state index contributed by atoms with van der Waals surface area (Å²) in [5.74, 6) is -0.385. The van der Waals surface area contributed by atoms with Crippen molar-refractivity contribution in [1.82, 2.24) is 9.55 Å². The quantitative estimate of drug-likeness (QED) is 0.521. The maximum absolute atomic E-state index is 12.4. The maximum atomic E-state index is 12.4. The molecule has 0 aliphatic heterocycles. The first-order chi connectivity index (χ1) is 10.1. The fourth-order valence-electron chi connectivity index (χ4n) is 2.07. The van der Waals surface area contributed by atoms with E-state index in [9.17, 15) is 14.9 Å². The Morgan fingerprint density at radius 2 is 2.29 bits per heavy atom. The molecule has 0 unspecified atom stereocenters. The first kappa shape index (κ1) is 13.7. The van der Waals surface area contributed by atoms with Crippen LogP contribution in [0.3, 0.4) is 0 Å². The van der Waals surface area contributed by atoms with Gasteiger partial charge in [-0.15, -0.1) is 0 Å². The van der Waals surface area contributed by atoms with Crippen molar-refractivity contribution in [3.05, 3.63) is 51.0 Å². The second kappa shape index (κ2) is 5.28. The molecule has 7 nitrogen and oxygen atoms in total. The number of aromatic nitrogens is 2. The Morgan fingerprint density at radius 1 is 1.52 bits per heavy atom. The highest BCUT2D eigenvalue weighted by molar-refractivity contribution is 9.10. The Balaban J connectivity index is 1.90. The second-order valence-electron chi connectivity index (χ2n) is 4.77. The van der Waals surface area contributed by atoms with Gasteiger partial charge in [-0.1, -0.05) is 0 Å². The molecule has 0 bridgehead atoms. The summed E-state index contributed by atoms with van der Waals surface area (Å²) in [5.41, 5.74) is 0.742. The molecule has 21 heavy (non-hydrogen) atoms. The number of hydrogen-bond acceptors (Lipinski definition) is 4. The van der Waals surface area contributed by atoms with E-state index in [1.165, 1.54) is 12.3 Å². The van der Waals surface area contributed by atoms with Crippen molar-refractivity contribution in [3.8, 4) is 0 Å². The van der Waals surface area contributed by atoms with E-state index in [0.29, 0.717) is 16.0 Å². The summed E-state index contributed by atoms with van der Waals surface area (Å²) in [6.45, 7) is 0. The molecule has 0 spiro atoms. The zero-order chi connectivity index (χ0) is 15.0. The molecule has 2 aromatic heterocycles. The molecule has 1 aliphatic carbocycles. The van der Waals surface area contributed by atoms with E-state index in [-0.39, 0.29) is 17.6 Å². The summed E-state index contributed by atoms with van der Waals surface area (Å²) < 4.78 is 2.19. The molecule has 2 aromatic rings. The molecule has 1 aliphatic rings. The number of carbonyl (C=O) groups is 1. The molecule has 1 fully saturated rings. The van der Waals surface area contributed by atoms with Crippen LogP contribution in [0.2, 0.25) is 0 Å². The Labute approximate surface area is 128 Å². The van der Waals surface area contributed by atoms with Crippen LogP contribution in [-0.4, -0.2) is 20.4 Å². The van der Waals surface area contributed by atoms with Gasteiger partial charge in [0.25, 0.3) is 11.6 Å². The van der Waals surface area contributed by atoms with Gasteiger partial charge in [0.15, 0.2) is 0 Å². The maximum Gasteiger partial charge on any atom is 0.287 e. The van der Waals surface area contributed by atoms with Crippen LogP contribution >= 0.6 is 15.9 Å². The smallest absolute Gasteiger partial charge is 0.287 e. The third-order valence-electron chi connectivity index (χ3n) is 3.23. The number of pyridine rings is 1. The van der Waals surface area contributed by atoms with E-state index in [2.05, 4.69) is 26.2 Å². The highest BCUT2D eigenvalue weighted by Gasteiger charge is 2.30. The number of carbonyl (C=O) groups excluding carboxylic acids is 1. The van der Waals surface area contributed by atoms with E-state index >= 15 is 0 Å². The van der Waals surface area contributed by atoms with Crippen LogP contribution in [0.15, 0.2) is 35.2 Å². The lowest BCUT2D eigenvalue weighted by atomic mass is 10.3. The van der Waals surface area contributed by atoms with Gasteiger partial charge in [-0.25, -0.2) is 4.98 Å². The molecule has 0 radical (unpaired) electrons. The summed E-state index contributed by atoms with van der Waals surface area (Å²) >= 11 is 3.24. The molecule has 0 aromatic carbocycles. The zero-order valence-corrected chi connectivity index (χ0v) is 12.4. The highest BCUT2D eigenvalue weighted by atomic mass is 79.9. The van der Waals surface area contributed by atoms with Gasteiger partial charge in [0, 0.05) is 18.3 Å². The van der Waals surface area contributed by atoms with Crippen LogP contribution in [0.1, 0.15) is 29.4 Å². The molecule has 0 atom stereocenters. The number of nitrogens with zero attached hydrogens (tertiary/aromatic N) is 3. The van der Waals surface area contributed by atoms with Crippen molar-refractivity contribution >= 4 is 33.2 Å². The normalized spacial score (nSPS) is 14.0. The molecule has 1 N–H and O–H groups in total. The predicted octanol–water partition coefficient (Wildman–Crippen LogP) is 3.14. The molecule has 0 saturated heterocycles. The highest BCUT2D eigenvalue weighted by Crippen LogP contribution is 2.38. The van der Waals surface area contributed by atoms with Crippen molar-refractivity contribution in [2.24, 2.45) is 0 Å². The largest absolute Gasteiger partial charge is 0.334 e. The fraction of sp³-hybridized carbons (Fsp3) is 0.231. The predicted molar refractivity (Wildman–Crippen MR) is 79.2 cm³/mol. The number of halogens is 1. The Kier molecular flexibility index (Phi) is 3.46. The average Bonchev–Trinajstić information content (AvgIpc) is 3.19. The monoisotopic (exact) mass is 350 g/mol. The van der Waals surface area contributed by atoms with Gasteiger partial charge < -0.3 is 9.88 Å². The Hall–Kier alpha value is -2.22. The minimum absolute atomic E-state index is 0.0719. The van der Waals surface area contributed by atoms with E-state index in [1.807, 2.05) is 0 Å². The second-order valence-corrected chi connectivity index (χ2v) is 5.53. The molecule has 108 valence electrons. The number of amides is 1. The van der Waals surface area contributed by atoms with E-state index in [4.69, 9.17) is 0 Å². The van der Waals surface area contributed by atoms with Crippen molar-refractivity contribution in [2.45, 2.75) is 18.9 Å². The molecule has 1 amide bonds. The minimum Gasteiger partial charge on any atom is -0.334 e. The lowest BCUT2D eigenvalue weighted by molar-refractivity contribution is -0.384. The van der Waals surface area contributed by atoms with Crippen molar-refractivity contribution in [1.29, 1.82) is 0 Å². The average molecular weight is 351 g/mol. The lowest BCUT2D eigenvalue weighted by Crippen LogP contribution is -2.16. The van der Waals surface area contributed by atoms with Crippen molar-refractivity contribution in [3.63, 3.8) is 0 Å². The minimum atomic E-state index is -0.490. The molecule has 8 heteroatoms. The standard InChI is InChI=1S/C13H11BrN4O3/c14-12-10(2-1-5-15-12)16-13(19)11-6-9(18(20)21)7-17(11)8-3-4-8/h1-2,5-8H,3-4H2,(H,16,19). The van der Waals surface area contributed by atoms with Gasteiger partial charge in [-0.3, -0.25) is 14.9 Å². The van der Waals surface area contributed by atoms with Gasteiger partial charge in [-0.05, 0) is 40.9 Å². The molecular weight excluding hydrogens is 340 g/mol. The third kappa shape index (κ3) is 2.80. The Bertz CT molecular complexity index is 724. The fourth-order valence-corrected chi connectivity index (χ4v) is 2.42. The summed E-state index contributed by atoms with van der Waals surface area (Å²) in [5, 5.41) is 13.6. The first-order valence-corrected chi connectivity index (χ1v) is 7.13. The van der Waals surface area contributed by atoms with Crippen LogP contribution in [0.25, 0.3) is 0 Å². The van der Waals surface area contributed by atoms with Crippen molar-refractivity contribution in [2.75, 3.05) is 5.32 Å². The number of nitrogens with one attached hydrogen (secondary N) is 1. The van der Waals surface area contributed by atoms with Crippen LogP contribution in [-0.2, 0) is 0 Å². The summed E-state index contributed by atoms with van der Waals surface area (Å²) in [7, 11) is 0. The molecular formula is C13H11BrN4O3. The number of anilines is 1. The number of rotatable bonds is 4. The van der Waals surface area contributed by atoms with Crippen LogP contribution in [0.4, 0.5) is 11.4 Å². The summed E-state index contributed by atoms with van der Waals surface area (Å²) in [6, 6.07) is 4.88. The van der Waals surface area contributed by atoms with Crippen LogP contribution in [0, 0.1) is 10.1 Å². The first-order valence-electron chi connectivity index (χ1n) is 6.34. The number of hydrogen-bond donors (Lipinski definition) is 1. The number of nitro groups is 1. The van der Waals surface area contributed by atoms with Gasteiger partial charge >= 0.3 is 0 Å². The zero-order valence-electron chi connectivity index (χ0n) is 10.8. The topological polar surface area (TPSA) is 90.1 Å². The molecule has 2 heterocycles. The SMILES string of the molecule is O=C(Nc1cccnc1Br)c1cc([N+](=O)[O-])cn1C1CC1. The van der Waals surface area contributed by atoms with Gasteiger partial charge in [0.2, 0.25) is 0 Å². The van der Waals surface area contributed by atoms with E-state index in [1.54, 1.807) is 22.9 Å². The van der Waals surface area contributed by atoms with Crippen molar-refractivity contribution < 1.29 is 9.72 Å². The summed E-state index contributed by atoms with van der Waals surface area (Å²) in [6.07, 6.45) is 4.88. The van der Waals surface area contributed by atoms with Gasteiger partial charge in [0.05, 0.1) is 16.8 Å². The molecule has 1 saturated carbocycles. The Morgan fingerprint density at radius 3 is 2.90 bits per heavy atom.